The fourth-order valence-corrected chi connectivity index (χ4v) is 6.58. The Kier molecular flexibility index (Phi) is 14.0. The molecule has 3 aromatic rings. The molecule has 22 heteroatoms. The van der Waals surface area contributed by atoms with Crippen molar-refractivity contribution in [3.05, 3.63) is 120 Å². The maximum absolute atomic E-state index is 13.6. The van der Waals surface area contributed by atoms with Crippen LogP contribution in [0.5, 0.6) is 0 Å². The lowest BCUT2D eigenvalue weighted by Crippen LogP contribution is -2.48. The highest BCUT2D eigenvalue weighted by Gasteiger charge is 2.42. The van der Waals surface area contributed by atoms with Gasteiger partial charge in [0.2, 0.25) is 29.6 Å². The molecule has 5 rings (SSSR count). The van der Waals surface area contributed by atoms with Gasteiger partial charge in [0.1, 0.15) is 19.2 Å². The van der Waals surface area contributed by atoms with Crippen molar-refractivity contribution < 1.29 is 43.5 Å². The maximum atomic E-state index is 13.6. The standard InChI is InChI=1S/C36H37N9O12S/c46-31(15-22-1-7-26(8-2-22)43(51)52)39-35(40-32(47)16-23-3-9-27(10-4-23)44(53)54)37-18-33(48)38-25-13-14-41(19-25)34(49)30-17-29(58)20-42(30)36(50)57-21-24-5-11-28(12-6-24)45(55)56/h1-12,25,29-30,58H,13-21H2,(H,38,48)(H2,37,39,40,46,47)/t25-,29-,30-/m0/s1. The topological polar surface area (TPSA) is 279 Å². The molecular formula is C36H37N9O12S. The number of carbonyl (C=O) groups is 5. The van der Waals surface area contributed by atoms with Crippen LogP contribution in [0.2, 0.25) is 0 Å². The van der Waals surface area contributed by atoms with E-state index in [2.05, 4.69) is 33.6 Å². The van der Waals surface area contributed by atoms with Gasteiger partial charge in [0, 0.05) is 67.3 Å². The molecule has 3 aromatic carbocycles. The van der Waals surface area contributed by atoms with Gasteiger partial charge in [0.15, 0.2) is 0 Å². The SMILES string of the molecule is O=C(Cc1ccc([N+](=O)[O-])cc1)NC(=NCC(=O)N[C@H]1CCN(C(=O)[C@@H]2C[C@H](S)CN2C(=O)OCc2ccc([N+](=O)[O-])cc2)C1)NC(=O)Cc1ccc([N+](=O)[O-])cc1. The number of amides is 5. The molecule has 0 unspecified atom stereocenters. The molecule has 21 nitrogen and oxygen atoms in total. The third-order valence-corrected chi connectivity index (χ3v) is 9.47. The van der Waals surface area contributed by atoms with Gasteiger partial charge in [-0.2, -0.15) is 12.6 Å². The van der Waals surface area contributed by atoms with Gasteiger partial charge < -0.3 is 15.0 Å². The summed E-state index contributed by atoms with van der Waals surface area (Å²) in [7, 11) is 0. The number of likely N-dealkylation sites (tertiary alicyclic amines) is 2. The van der Waals surface area contributed by atoms with Gasteiger partial charge >= 0.3 is 6.09 Å². The zero-order chi connectivity index (χ0) is 41.9. The largest absolute Gasteiger partial charge is 0.445 e. The molecule has 0 aliphatic carbocycles. The van der Waals surface area contributed by atoms with E-state index in [4.69, 9.17) is 4.74 Å². The van der Waals surface area contributed by atoms with Crippen LogP contribution in [0.4, 0.5) is 21.9 Å². The molecule has 0 radical (unpaired) electrons. The number of thiol groups is 1. The number of nitrogens with zero attached hydrogens (tertiary/aromatic N) is 6. The number of rotatable bonds is 13. The molecular weight excluding hydrogens is 783 g/mol. The van der Waals surface area contributed by atoms with Gasteiger partial charge in [-0.05, 0) is 41.7 Å². The molecule has 2 heterocycles. The zero-order valence-electron chi connectivity index (χ0n) is 30.6. The molecule has 2 aliphatic heterocycles. The average Bonchev–Trinajstić information content (AvgIpc) is 3.82. The average molecular weight is 820 g/mol. The van der Waals surface area contributed by atoms with Gasteiger partial charge in [-0.25, -0.2) is 9.79 Å². The van der Waals surface area contributed by atoms with E-state index in [9.17, 15) is 54.3 Å². The van der Waals surface area contributed by atoms with E-state index in [1.807, 2.05) is 0 Å². The first-order valence-electron chi connectivity index (χ1n) is 17.7. The Balaban J connectivity index is 1.16. The summed E-state index contributed by atoms with van der Waals surface area (Å²) in [6.07, 6.45) is -0.598. The van der Waals surface area contributed by atoms with E-state index in [1.54, 1.807) is 0 Å². The summed E-state index contributed by atoms with van der Waals surface area (Å²) < 4.78 is 5.40. The third-order valence-electron chi connectivity index (χ3n) is 9.09. The summed E-state index contributed by atoms with van der Waals surface area (Å²) in [6.45, 7) is -0.163. The highest BCUT2D eigenvalue weighted by atomic mass is 32.1. The molecule has 3 atom stereocenters. The van der Waals surface area contributed by atoms with E-state index >= 15 is 0 Å². The zero-order valence-corrected chi connectivity index (χ0v) is 31.4. The van der Waals surface area contributed by atoms with Crippen LogP contribution >= 0.6 is 12.6 Å². The summed E-state index contributed by atoms with van der Waals surface area (Å²) in [5.74, 6) is -2.63. The molecule has 304 valence electrons. The maximum Gasteiger partial charge on any atom is 0.410 e. The summed E-state index contributed by atoms with van der Waals surface area (Å²) >= 11 is 4.47. The number of hydrogen-bond acceptors (Lipinski definition) is 14. The Labute approximate surface area is 334 Å². The Morgan fingerprint density at radius 3 is 1.69 bits per heavy atom. The van der Waals surface area contributed by atoms with E-state index in [1.165, 1.54) is 82.6 Å². The van der Waals surface area contributed by atoms with Gasteiger partial charge in [-0.3, -0.25) is 65.1 Å². The predicted molar refractivity (Wildman–Crippen MR) is 206 cm³/mol. The number of nitro benzene ring substituents is 3. The van der Waals surface area contributed by atoms with Crippen LogP contribution in [0.25, 0.3) is 0 Å². The minimum atomic E-state index is -0.863. The summed E-state index contributed by atoms with van der Waals surface area (Å²) in [5, 5.41) is 40.2. The number of hydrogen-bond donors (Lipinski definition) is 4. The quantitative estimate of drug-likeness (QED) is 0.0635. The Morgan fingerprint density at radius 2 is 1.21 bits per heavy atom. The minimum Gasteiger partial charge on any atom is -0.445 e. The van der Waals surface area contributed by atoms with Crippen LogP contribution < -0.4 is 16.0 Å². The van der Waals surface area contributed by atoms with Crippen LogP contribution in [0.15, 0.2) is 77.8 Å². The number of guanidine groups is 1. The second kappa shape index (κ2) is 19.3. The van der Waals surface area contributed by atoms with Crippen molar-refractivity contribution in [3.63, 3.8) is 0 Å². The molecule has 0 aromatic heterocycles. The fraction of sp³-hybridized carbons (Fsp3) is 0.333. The summed E-state index contributed by atoms with van der Waals surface area (Å²) in [6, 6.07) is 14.6. The van der Waals surface area contributed by atoms with Crippen molar-refractivity contribution in [3.8, 4) is 0 Å². The smallest absolute Gasteiger partial charge is 0.410 e. The predicted octanol–water partition coefficient (Wildman–Crippen LogP) is 2.21. The molecule has 2 saturated heterocycles. The third kappa shape index (κ3) is 11.8. The van der Waals surface area contributed by atoms with Gasteiger partial charge in [0.25, 0.3) is 17.1 Å². The number of carbonyl (C=O) groups excluding carboxylic acids is 5. The number of benzene rings is 3. The minimum absolute atomic E-state index is 0.111. The Hall–Kier alpha value is -6.97. The van der Waals surface area contributed by atoms with Crippen molar-refractivity contribution >= 4 is 65.4 Å². The first-order valence-corrected chi connectivity index (χ1v) is 18.2. The molecule has 0 saturated carbocycles. The van der Waals surface area contributed by atoms with Crippen LogP contribution in [0, 0.1) is 30.3 Å². The summed E-state index contributed by atoms with van der Waals surface area (Å²) in [5.41, 5.74) is 0.907. The van der Waals surface area contributed by atoms with E-state index in [-0.39, 0.29) is 79.7 Å². The van der Waals surface area contributed by atoms with Gasteiger partial charge in [-0.15, -0.1) is 0 Å². The lowest BCUT2D eigenvalue weighted by molar-refractivity contribution is -0.385. The van der Waals surface area contributed by atoms with Crippen LogP contribution in [-0.4, -0.2) is 104 Å². The highest BCUT2D eigenvalue weighted by Crippen LogP contribution is 2.26. The normalized spacial score (nSPS) is 17.2. The van der Waals surface area contributed by atoms with Crippen LogP contribution in [0.1, 0.15) is 29.5 Å². The Bertz CT molecular complexity index is 2020. The van der Waals surface area contributed by atoms with Crippen molar-refractivity contribution in [2.75, 3.05) is 26.2 Å². The number of non-ortho nitro benzene ring substituents is 3. The number of nitro groups is 3. The highest BCUT2D eigenvalue weighted by molar-refractivity contribution is 7.81. The molecule has 0 bridgehead atoms. The molecule has 5 amide bonds. The fourth-order valence-electron chi connectivity index (χ4n) is 6.21. The van der Waals surface area contributed by atoms with Crippen LogP contribution in [-0.2, 0) is 43.4 Å². The second-order valence-electron chi connectivity index (χ2n) is 13.3. The Morgan fingerprint density at radius 1 is 0.724 bits per heavy atom. The molecule has 3 N–H and O–H groups in total. The second-order valence-corrected chi connectivity index (χ2v) is 14.1. The van der Waals surface area contributed by atoms with E-state index in [0.29, 0.717) is 23.1 Å². The number of aliphatic imine (C=N–C) groups is 1. The van der Waals surface area contributed by atoms with E-state index < -0.39 is 57.2 Å². The molecule has 2 fully saturated rings. The summed E-state index contributed by atoms with van der Waals surface area (Å²) in [4.78, 5) is 103. The van der Waals surface area contributed by atoms with Gasteiger partial charge in [0.05, 0.1) is 27.6 Å². The number of ether oxygens (including phenoxy) is 1. The van der Waals surface area contributed by atoms with E-state index in [0.717, 1.165) is 0 Å². The first kappa shape index (κ1) is 42.2. The van der Waals surface area contributed by atoms with Crippen molar-refractivity contribution in [1.82, 2.24) is 25.8 Å². The molecule has 2 aliphatic rings. The van der Waals surface area contributed by atoms with Crippen molar-refractivity contribution in [2.24, 2.45) is 4.99 Å². The lowest BCUT2D eigenvalue weighted by atomic mass is 10.1. The first-order chi connectivity index (χ1) is 27.6. The molecule has 0 spiro atoms. The monoisotopic (exact) mass is 819 g/mol. The lowest BCUT2D eigenvalue weighted by Gasteiger charge is -2.27. The van der Waals surface area contributed by atoms with Crippen molar-refractivity contribution in [2.45, 2.75) is 49.6 Å². The van der Waals surface area contributed by atoms with Gasteiger partial charge in [-0.1, -0.05) is 24.3 Å². The molecule has 58 heavy (non-hydrogen) atoms. The van der Waals surface area contributed by atoms with Crippen LogP contribution in [0.3, 0.4) is 0 Å². The van der Waals surface area contributed by atoms with Crippen molar-refractivity contribution in [1.29, 1.82) is 0 Å². The number of nitrogens with one attached hydrogen (secondary N) is 3.